The first-order valence-electron chi connectivity index (χ1n) is 4.39. The van der Waals surface area contributed by atoms with Gasteiger partial charge in [-0.1, -0.05) is 6.92 Å². The Bertz CT molecular complexity index is 182. The van der Waals surface area contributed by atoms with Gasteiger partial charge in [-0.05, 0) is 12.8 Å². The average Bonchev–Trinajstić information content (AvgIpc) is 2.01. The van der Waals surface area contributed by atoms with Gasteiger partial charge in [0.05, 0.1) is 0 Å². The molecule has 3 nitrogen and oxygen atoms in total. The molecule has 6 heteroatoms. The van der Waals surface area contributed by atoms with E-state index in [1.54, 1.807) is 6.92 Å². The lowest BCUT2D eigenvalue weighted by molar-refractivity contribution is -0.138. The van der Waals surface area contributed by atoms with Gasteiger partial charge in [0.2, 0.25) is 0 Å². The van der Waals surface area contributed by atoms with E-state index in [0.717, 1.165) is 0 Å². The van der Waals surface area contributed by atoms with Crippen molar-refractivity contribution < 1.29 is 17.9 Å². The van der Waals surface area contributed by atoms with E-state index in [1.165, 1.54) is 0 Å². The maximum absolute atomic E-state index is 11.7. The molecule has 0 fully saturated rings. The van der Waals surface area contributed by atoms with E-state index in [4.69, 9.17) is 15.9 Å². The molecule has 0 radical (unpaired) electrons. The highest BCUT2D eigenvalue weighted by molar-refractivity contribution is 5.81. The van der Waals surface area contributed by atoms with Gasteiger partial charge in [0.1, 0.15) is 11.9 Å². The first kappa shape index (κ1) is 13.2. The summed E-state index contributed by atoms with van der Waals surface area (Å²) in [6, 6.07) is 0. The van der Waals surface area contributed by atoms with Crippen molar-refractivity contribution in [2.45, 2.75) is 38.5 Å². The van der Waals surface area contributed by atoms with E-state index < -0.39 is 18.7 Å². The molecule has 0 spiro atoms. The number of amidine groups is 1. The van der Waals surface area contributed by atoms with Gasteiger partial charge in [0, 0.05) is 13.0 Å². The maximum Gasteiger partial charge on any atom is 0.389 e. The lowest BCUT2D eigenvalue weighted by Gasteiger charge is -2.14. The van der Waals surface area contributed by atoms with Crippen LogP contribution in [0, 0.1) is 5.41 Å². The van der Waals surface area contributed by atoms with E-state index in [1.807, 2.05) is 0 Å². The van der Waals surface area contributed by atoms with Crippen LogP contribution in [0.3, 0.4) is 0 Å². The minimum absolute atomic E-state index is 0.0163. The fourth-order valence-corrected chi connectivity index (χ4v) is 0.926. The van der Waals surface area contributed by atoms with Gasteiger partial charge in [-0.3, -0.25) is 5.41 Å². The number of rotatable bonds is 6. The molecule has 0 aromatic rings. The fraction of sp³-hybridized carbons (Fsp3) is 0.875. The second-order valence-electron chi connectivity index (χ2n) is 2.94. The molecule has 84 valence electrons. The third-order valence-corrected chi connectivity index (χ3v) is 1.64. The third-order valence-electron chi connectivity index (χ3n) is 1.64. The summed E-state index contributed by atoms with van der Waals surface area (Å²) in [5.41, 5.74) is 5.15. The Hall–Kier alpha value is -0.780. The zero-order chi connectivity index (χ0) is 11.2. The van der Waals surface area contributed by atoms with Crippen LogP contribution in [0.15, 0.2) is 0 Å². The van der Waals surface area contributed by atoms with Crippen molar-refractivity contribution in [3.63, 3.8) is 0 Å². The predicted octanol–water partition coefficient (Wildman–Crippen LogP) is 2.06. The summed E-state index contributed by atoms with van der Waals surface area (Å²) in [6.45, 7) is 1.74. The van der Waals surface area contributed by atoms with Gasteiger partial charge in [-0.15, -0.1) is 0 Å². The number of nitrogens with two attached hydrogens (primary N) is 1. The van der Waals surface area contributed by atoms with Crippen LogP contribution >= 0.6 is 0 Å². The smallest absolute Gasteiger partial charge is 0.385 e. The van der Waals surface area contributed by atoms with Crippen LogP contribution in [0.25, 0.3) is 0 Å². The number of alkyl halides is 3. The van der Waals surface area contributed by atoms with Crippen LogP contribution in [-0.4, -0.2) is 24.7 Å². The van der Waals surface area contributed by atoms with Crippen molar-refractivity contribution in [1.82, 2.24) is 0 Å². The number of nitrogens with one attached hydrogen (secondary N) is 1. The van der Waals surface area contributed by atoms with Gasteiger partial charge in [0.25, 0.3) is 0 Å². The van der Waals surface area contributed by atoms with Crippen molar-refractivity contribution in [2.75, 3.05) is 6.61 Å². The first-order valence-corrected chi connectivity index (χ1v) is 4.39. The lowest BCUT2D eigenvalue weighted by atomic mass is 10.2. The highest BCUT2D eigenvalue weighted by Crippen LogP contribution is 2.21. The highest BCUT2D eigenvalue weighted by Gasteiger charge is 2.26. The molecule has 0 amide bonds. The van der Waals surface area contributed by atoms with Crippen LogP contribution in [0.2, 0.25) is 0 Å². The van der Waals surface area contributed by atoms with E-state index in [0.29, 0.717) is 6.42 Å². The molecular formula is C8H15F3N2O. The molecule has 0 aromatic heterocycles. The molecule has 0 heterocycles. The number of hydrogen-bond acceptors (Lipinski definition) is 2. The number of hydrogen-bond donors (Lipinski definition) is 2. The van der Waals surface area contributed by atoms with E-state index >= 15 is 0 Å². The van der Waals surface area contributed by atoms with Crippen molar-refractivity contribution >= 4 is 5.84 Å². The quantitative estimate of drug-likeness (QED) is 0.402. The van der Waals surface area contributed by atoms with Crippen LogP contribution < -0.4 is 5.73 Å². The Morgan fingerprint density at radius 3 is 2.43 bits per heavy atom. The van der Waals surface area contributed by atoms with Crippen LogP contribution in [0.1, 0.15) is 26.2 Å². The minimum Gasteiger partial charge on any atom is -0.385 e. The summed E-state index contributed by atoms with van der Waals surface area (Å²) in [6.07, 6.45) is -5.14. The topological polar surface area (TPSA) is 59.1 Å². The van der Waals surface area contributed by atoms with Gasteiger partial charge >= 0.3 is 6.18 Å². The molecule has 0 aliphatic carbocycles. The van der Waals surface area contributed by atoms with Crippen LogP contribution in [0.4, 0.5) is 13.2 Å². The molecule has 1 atom stereocenters. The first-order chi connectivity index (χ1) is 6.37. The summed E-state index contributed by atoms with van der Waals surface area (Å²) in [5.74, 6) is -0.139. The van der Waals surface area contributed by atoms with Crippen molar-refractivity contribution in [3.8, 4) is 0 Å². The summed E-state index contributed by atoms with van der Waals surface area (Å²) >= 11 is 0. The maximum atomic E-state index is 11.7. The molecule has 3 N–H and O–H groups in total. The van der Waals surface area contributed by atoms with Crippen LogP contribution in [0.5, 0.6) is 0 Å². The standard InChI is InChI=1S/C8H15F3N2O/c1-2-6(7(12)13)14-5-3-4-8(9,10)11/h6H,2-5H2,1H3,(H3,12,13). The Morgan fingerprint density at radius 1 is 1.50 bits per heavy atom. The Kier molecular flexibility index (Phi) is 5.52. The van der Waals surface area contributed by atoms with Crippen molar-refractivity contribution in [3.05, 3.63) is 0 Å². The van der Waals surface area contributed by atoms with Crippen LogP contribution in [-0.2, 0) is 4.74 Å². The van der Waals surface area contributed by atoms with Gasteiger partial charge < -0.3 is 10.5 Å². The molecule has 0 aliphatic rings. The molecule has 0 bridgehead atoms. The van der Waals surface area contributed by atoms with E-state index in [9.17, 15) is 13.2 Å². The molecule has 1 unspecified atom stereocenters. The summed E-state index contributed by atoms with van der Waals surface area (Å²) in [7, 11) is 0. The third kappa shape index (κ3) is 6.71. The normalized spacial score (nSPS) is 14.0. The molecule has 14 heavy (non-hydrogen) atoms. The van der Waals surface area contributed by atoms with Gasteiger partial charge in [-0.2, -0.15) is 13.2 Å². The molecule has 0 aliphatic heterocycles. The molecular weight excluding hydrogens is 197 g/mol. The average molecular weight is 212 g/mol. The predicted molar refractivity (Wildman–Crippen MR) is 47.2 cm³/mol. The second-order valence-corrected chi connectivity index (χ2v) is 2.94. The fourth-order valence-electron chi connectivity index (χ4n) is 0.926. The van der Waals surface area contributed by atoms with Crippen molar-refractivity contribution in [2.24, 2.45) is 5.73 Å². The summed E-state index contributed by atoms with van der Waals surface area (Å²) < 4.78 is 40.1. The van der Waals surface area contributed by atoms with Gasteiger partial charge in [0.15, 0.2) is 0 Å². The SMILES string of the molecule is CCC(OCCCC(F)(F)F)C(=N)N. The molecule has 0 rings (SSSR count). The number of ether oxygens (including phenoxy) is 1. The lowest BCUT2D eigenvalue weighted by Crippen LogP contribution is -2.30. The summed E-state index contributed by atoms with van der Waals surface area (Å²) in [5, 5.41) is 7.04. The van der Waals surface area contributed by atoms with E-state index in [-0.39, 0.29) is 18.9 Å². The second kappa shape index (κ2) is 5.85. The Labute approximate surface area is 80.9 Å². The molecule has 0 aromatic carbocycles. The summed E-state index contributed by atoms with van der Waals surface area (Å²) in [4.78, 5) is 0. The number of halogens is 3. The van der Waals surface area contributed by atoms with E-state index in [2.05, 4.69) is 0 Å². The zero-order valence-corrected chi connectivity index (χ0v) is 8.03. The largest absolute Gasteiger partial charge is 0.389 e. The highest BCUT2D eigenvalue weighted by atomic mass is 19.4. The van der Waals surface area contributed by atoms with Crippen molar-refractivity contribution in [1.29, 1.82) is 5.41 Å². The molecule has 0 saturated carbocycles. The monoisotopic (exact) mass is 212 g/mol. The van der Waals surface area contributed by atoms with Gasteiger partial charge in [-0.25, -0.2) is 0 Å². The zero-order valence-electron chi connectivity index (χ0n) is 8.03. The Balaban J connectivity index is 3.58. The molecule has 0 saturated heterocycles. The minimum atomic E-state index is -4.14. The Morgan fingerprint density at radius 2 is 2.07 bits per heavy atom.